The van der Waals surface area contributed by atoms with Gasteiger partial charge < -0.3 is 15.7 Å². The lowest BCUT2D eigenvalue weighted by Gasteiger charge is -2.28. The molecule has 2 unspecified atom stereocenters. The first-order valence-corrected chi connectivity index (χ1v) is 7.52. The number of carbonyl (C=O) groups is 1. The highest BCUT2D eigenvalue weighted by atomic mass is 35.5. The molecule has 4 nitrogen and oxygen atoms in total. The summed E-state index contributed by atoms with van der Waals surface area (Å²) < 4.78 is 0. The van der Waals surface area contributed by atoms with E-state index in [1.54, 1.807) is 12.1 Å². The van der Waals surface area contributed by atoms with Gasteiger partial charge >= 0.3 is 0 Å². The number of benzene rings is 1. The third-order valence-electron chi connectivity index (χ3n) is 4.28. The van der Waals surface area contributed by atoms with Crippen LogP contribution in [0.15, 0.2) is 18.2 Å². The van der Waals surface area contributed by atoms with E-state index in [0.29, 0.717) is 30.1 Å². The fourth-order valence-electron chi connectivity index (χ4n) is 3.40. The van der Waals surface area contributed by atoms with Crippen molar-refractivity contribution in [2.24, 2.45) is 5.92 Å². The molecule has 1 aromatic carbocycles. The highest BCUT2D eigenvalue weighted by molar-refractivity contribution is 6.32. The Kier molecular flexibility index (Phi) is 3.85. The van der Waals surface area contributed by atoms with Crippen molar-refractivity contribution in [2.75, 3.05) is 5.32 Å². The summed E-state index contributed by atoms with van der Waals surface area (Å²) in [7, 11) is 0. The minimum Gasteiger partial charge on any atom is -0.506 e. The van der Waals surface area contributed by atoms with Gasteiger partial charge in [-0.25, -0.2) is 0 Å². The average Bonchev–Trinajstić information content (AvgIpc) is 2.73. The lowest BCUT2D eigenvalue weighted by Crippen LogP contribution is -2.39. The van der Waals surface area contributed by atoms with Gasteiger partial charge in [-0.3, -0.25) is 4.79 Å². The summed E-state index contributed by atoms with van der Waals surface area (Å²) in [5.74, 6) is 0.527. The van der Waals surface area contributed by atoms with Gasteiger partial charge in [0.05, 0.1) is 5.02 Å². The molecule has 1 amide bonds. The van der Waals surface area contributed by atoms with Crippen LogP contribution < -0.4 is 10.6 Å². The molecular formula is C15H19ClN2O2. The molecule has 0 aliphatic carbocycles. The third-order valence-corrected chi connectivity index (χ3v) is 4.58. The molecule has 108 valence electrons. The molecule has 5 heteroatoms. The number of phenolic OH excluding ortho intramolecular Hbond substituents is 1. The van der Waals surface area contributed by atoms with Gasteiger partial charge in [-0.05, 0) is 49.8 Å². The predicted molar refractivity (Wildman–Crippen MR) is 79.0 cm³/mol. The number of fused-ring (bicyclic) bond motifs is 2. The number of nitrogens with one attached hydrogen (secondary N) is 2. The molecule has 0 saturated carbocycles. The highest BCUT2D eigenvalue weighted by Gasteiger charge is 2.34. The van der Waals surface area contributed by atoms with Gasteiger partial charge in [0.2, 0.25) is 5.91 Å². The molecule has 3 rings (SSSR count). The maximum absolute atomic E-state index is 12.1. The van der Waals surface area contributed by atoms with Crippen LogP contribution in [0.25, 0.3) is 0 Å². The Labute approximate surface area is 123 Å². The van der Waals surface area contributed by atoms with E-state index in [1.165, 1.54) is 18.9 Å². The third kappa shape index (κ3) is 3.07. The molecule has 2 saturated heterocycles. The van der Waals surface area contributed by atoms with Crippen molar-refractivity contribution in [1.29, 1.82) is 0 Å². The first-order valence-electron chi connectivity index (χ1n) is 7.14. The molecule has 2 aliphatic rings. The second kappa shape index (κ2) is 5.62. The molecule has 1 aromatic rings. The first kappa shape index (κ1) is 13.7. The fraction of sp³-hybridized carbons (Fsp3) is 0.533. The molecule has 0 aromatic heterocycles. The highest BCUT2D eigenvalue weighted by Crippen LogP contribution is 2.33. The van der Waals surface area contributed by atoms with Gasteiger partial charge in [0.15, 0.2) is 0 Å². The summed E-state index contributed by atoms with van der Waals surface area (Å²) in [6.45, 7) is 0. The average molecular weight is 295 g/mol. The Hall–Kier alpha value is -1.26. The standard InChI is InChI=1S/C15H19ClN2O2/c16-13-8-12(3-4-14(13)19)18-15(20)7-9-5-10-1-2-11(6-9)17-10/h3-4,8-11,17,19H,1-2,5-7H2,(H,18,20). The summed E-state index contributed by atoms with van der Waals surface area (Å²) >= 11 is 5.83. The Morgan fingerprint density at radius 1 is 1.35 bits per heavy atom. The fourth-order valence-corrected chi connectivity index (χ4v) is 3.58. The van der Waals surface area contributed by atoms with Crippen LogP contribution in [-0.4, -0.2) is 23.1 Å². The number of hydrogen-bond acceptors (Lipinski definition) is 3. The number of amides is 1. The van der Waals surface area contributed by atoms with E-state index in [4.69, 9.17) is 11.6 Å². The van der Waals surface area contributed by atoms with E-state index >= 15 is 0 Å². The van der Waals surface area contributed by atoms with Crippen molar-refractivity contribution in [2.45, 2.75) is 44.2 Å². The molecule has 2 bridgehead atoms. The number of aromatic hydroxyl groups is 1. The van der Waals surface area contributed by atoms with E-state index in [2.05, 4.69) is 10.6 Å². The lowest BCUT2D eigenvalue weighted by atomic mass is 9.89. The number of phenols is 1. The summed E-state index contributed by atoms with van der Waals surface area (Å²) in [4.78, 5) is 12.1. The molecule has 2 atom stereocenters. The topological polar surface area (TPSA) is 61.4 Å². The maximum Gasteiger partial charge on any atom is 0.224 e. The quantitative estimate of drug-likeness (QED) is 0.751. The van der Waals surface area contributed by atoms with E-state index in [1.807, 2.05) is 0 Å². The molecule has 20 heavy (non-hydrogen) atoms. The minimum atomic E-state index is 0.0260. The van der Waals surface area contributed by atoms with Crippen LogP contribution in [0, 0.1) is 5.92 Å². The Morgan fingerprint density at radius 3 is 2.70 bits per heavy atom. The predicted octanol–water partition coefficient (Wildman–Crippen LogP) is 2.90. The van der Waals surface area contributed by atoms with Gasteiger partial charge in [0, 0.05) is 24.2 Å². The number of anilines is 1. The Balaban J connectivity index is 1.55. The smallest absolute Gasteiger partial charge is 0.224 e. The van der Waals surface area contributed by atoms with Gasteiger partial charge in [-0.1, -0.05) is 11.6 Å². The van der Waals surface area contributed by atoms with Gasteiger partial charge in [0.1, 0.15) is 5.75 Å². The number of rotatable bonds is 3. The van der Waals surface area contributed by atoms with Crippen molar-refractivity contribution in [1.82, 2.24) is 5.32 Å². The van der Waals surface area contributed by atoms with Crippen molar-refractivity contribution in [3.05, 3.63) is 23.2 Å². The zero-order chi connectivity index (χ0) is 14.1. The molecular weight excluding hydrogens is 276 g/mol. The first-order chi connectivity index (χ1) is 9.60. The summed E-state index contributed by atoms with van der Waals surface area (Å²) in [5.41, 5.74) is 0.634. The van der Waals surface area contributed by atoms with Crippen molar-refractivity contribution in [3.8, 4) is 5.75 Å². The molecule has 0 radical (unpaired) electrons. The van der Waals surface area contributed by atoms with E-state index < -0.39 is 0 Å². The minimum absolute atomic E-state index is 0.0260. The second-order valence-corrected chi connectivity index (χ2v) is 6.30. The normalized spacial score (nSPS) is 28.4. The van der Waals surface area contributed by atoms with Crippen LogP contribution in [0.4, 0.5) is 5.69 Å². The van der Waals surface area contributed by atoms with Crippen LogP contribution in [0.5, 0.6) is 5.75 Å². The zero-order valence-corrected chi connectivity index (χ0v) is 12.0. The van der Waals surface area contributed by atoms with Crippen LogP contribution in [0.1, 0.15) is 32.1 Å². The number of carbonyl (C=O) groups excluding carboxylic acids is 1. The molecule has 2 heterocycles. The van der Waals surface area contributed by atoms with Gasteiger partial charge in [0.25, 0.3) is 0 Å². The van der Waals surface area contributed by atoms with Crippen LogP contribution in [0.2, 0.25) is 5.02 Å². The summed E-state index contributed by atoms with van der Waals surface area (Å²) in [5, 5.41) is 16.0. The number of piperidine rings is 1. The van der Waals surface area contributed by atoms with Crippen molar-refractivity contribution >= 4 is 23.2 Å². The van der Waals surface area contributed by atoms with Crippen molar-refractivity contribution in [3.63, 3.8) is 0 Å². The second-order valence-electron chi connectivity index (χ2n) is 5.89. The van der Waals surface area contributed by atoms with Crippen LogP contribution >= 0.6 is 11.6 Å². The van der Waals surface area contributed by atoms with E-state index in [9.17, 15) is 9.90 Å². The number of hydrogen-bond donors (Lipinski definition) is 3. The molecule has 2 fully saturated rings. The maximum atomic E-state index is 12.1. The lowest BCUT2D eigenvalue weighted by molar-refractivity contribution is -0.117. The summed E-state index contributed by atoms with van der Waals surface area (Å²) in [6.07, 6.45) is 5.25. The molecule has 0 spiro atoms. The zero-order valence-electron chi connectivity index (χ0n) is 11.2. The van der Waals surface area contributed by atoms with E-state index in [0.717, 1.165) is 12.8 Å². The summed E-state index contributed by atoms with van der Waals surface area (Å²) in [6, 6.07) is 5.93. The molecule has 2 aliphatic heterocycles. The van der Waals surface area contributed by atoms with Crippen LogP contribution in [0.3, 0.4) is 0 Å². The van der Waals surface area contributed by atoms with E-state index in [-0.39, 0.29) is 16.7 Å². The van der Waals surface area contributed by atoms with Gasteiger partial charge in [-0.2, -0.15) is 0 Å². The Bertz CT molecular complexity index is 509. The SMILES string of the molecule is O=C(CC1CC2CCC(C1)N2)Nc1ccc(O)c(Cl)c1. The Morgan fingerprint density at radius 2 is 2.05 bits per heavy atom. The van der Waals surface area contributed by atoms with Crippen LogP contribution in [-0.2, 0) is 4.79 Å². The number of halogens is 1. The van der Waals surface area contributed by atoms with Gasteiger partial charge in [-0.15, -0.1) is 0 Å². The monoisotopic (exact) mass is 294 g/mol. The van der Waals surface area contributed by atoms with Crippen molar-refractivity contribution < 1.29 is 9.90 Å². The largest absolute Gasteiger partial charge is 0.506 e. The molecule has 3 N–H and O–H groups in total.